The topological polar surface area (TPSA) is 136 Å². The predicted molar refractivity (Wildman–Crippen MR) is 134 cm³/mol. The van der Waals surface area contributed by atoms with Crippen molar-refractivity contribution < 1.29 is 27.9 Å². The van der Waals surface area contributed by atoms with E-state index in [4.69, 9.17) is 15.0 Å². The van der Waals surface area contributed by atoms with Gasteiger partial charge in [-0.2, -0.15) is 4.98 Å². The number of amides is 1. The van der Waals surface area contributed by atoms with E-state index in [2.05, 4.69) is 20.4 Å². The number of nitrogens with zero attached hydrogens (tertiary/aromatic N) is 3. The molecule has 4 aromatic rings. The molecule has 1 aromatic carbocycles. The van der Waals surface area contributed by atoms with Crippen LogP contribution in [-0.2, 0) is 17.8 Å². The van der Waals surface area contributed by atoms with E-state index < -0.39 is 23.5 Å². The Labute approximate surface area is 215 Å². The van der Waals surface area contributed by atoms with E-state index in [-0.39, 0.29) is 29.2 Å². The molecule has 0 aliphatic heterocycles. The summed E-state index contributed by atoms with van der Waals surface area (Å²) in [6.45, 7) is 3.68. The molecule has 0 aliphatic carbocycles. The molecule has 0 radical (unpaired) electrons. The number of benzene rings is 1. The number of hydrogen-bond donors (Lipinski definition) is 3. The lowest BCUT2D eigenvalue weighted by Gasteiger charge is -2.11. The molecule has 0 spiro atoms. The maximum absolute atomic E-state index is 14.9. The summed E-state index contributed by atoms with van der Waals surface area (Å²) in [5.41, 5.74) is 6.40. The first-order valence-electron chi connectivity index (χ1n) is 11.4. The van der Waals surface area contributed by atoms with Gasteiger partial charge in [-0.3, -0.25) is 4.79 Å². The van der Waals surface area contributed by atoms with E-state index in [1.807, 2.05) is 6.07 Å². The monoisotopic (exact) mass is 529 g/mol. The van der Waals surface area contributed by atoms with Crippen LogP contribution in [0.3, 0.4) is 0 Å². The highest BCUT2D eigenvalue weighted by Crippen LogP contribution is 2.39. The number of aliphatic hydroxyl groups excluding tert-OH is 1. The first-order chi connectivity index (χ1) is 17.7. The smallest absolute Gasteiger partial charge is 0.252 e. The van der Waals surface area contributed by atoms with E-state index >= 15 is 0 Å². The minimum Gasteiger partial charge on any atom is -0.396 e. The maximum Gasteiger partial charge on any atom is 0.252 e. The number of anilines is 2. The SMILES string of the molecule is Cc1noc(COCCc2cccc(Nc3sc(-c4c(F)cc(C(C)CO)cc4F)cc3C(N)=O)n2)n1. The van der Waals surface area contributed by atoms with E-state index in [1.54, 1.807) is 26.0 Å². The number of pyridine rings is 1. The maximum atomic E-state index is 14.9. The van der Waals surface area contributed by atoms with Crippen LogP contribution < -0.4 is 11.1 Å². The van der Waals surface area contributed by atoms with Crippen molar-refractivity contribution in [1.29, 1.82) is 0 Å². The first-order valence-corrected chi connectivity index (χ1v) is 12.2. The van der Waals surface area contributed by atoms with Gasteiger partial charge in [0, 0.05) is 29.5 Å². The normalized spacial score (nSPS) is 12.0. The zero-order valence-electron chi connectivity index (χ0n) is 20.1. The van der Waals surface area contributed by atoms with E-state index in [0.717, 1.165) is 17.0 Å². The largest absolute Gasteiger partial charge is 0.396 e. The molecule has 1 atom stereocenters. The Balaban J connectivity index is 1.50. The summed E-state index contributed by atoms with van der Waals surface area (Å²) >= 11 is 0.982. The Morgan fingerprint density at radius 3 is 2.65 bits per heavy atom. The van der Waals surface area contributed by atoms with Gasteiger partial charge < -0.3 is 25.4 Å². The number of aliphatic hydroxyl groups is 1. The van der Waals surface area contributed by atoms with Crippen LogP contribution in [0.1, 0.15) is 46.2 Å². The zero-order chi connectivity index (χ0) is 26.5. The van der Waals surface area contributed by atoms with Gasteiger partial charge in [0.05, 0.1) is 17.7 Å². The number of rotatable bonds is 11. The fourth-order valence-electron chi connectivity index (χ4n) is 3.55. The number of aromatic nitrogens is 3. The van der Waals surface area contributed by atoms with Gasteiger partial charge in [0.2, 0.25) is 0 Å². The number of carbonyl (C=O) groups excluding carboxylic acids is 1. The molecule has 1 amide bonds. The molecule has 0 saturated heterocycles. The van der Waals surface area contributed by atoms with Gasteiger partial charge in [-0.1, -0.05) is 18.1 Å². The molecule has 3 aromatic heterocycles. The lowest BCUT2D eigenvalue weighted by atomic mass is 9.99. The number of nitrogens with two attached hydrogens (primary N) is 1. The summed E-state index contributed by atoms with van der Waals surface area (Å²) < 4.78 is 40.3. The fourth-order valence-corrected chi connectivity index (χ4v) is 4.67. The zero-order valence-corrected chi connectivity index (χ0v) is 20.9. The first kappa shape index (κ1) is 26.3. The van der Waals surface area contributed by atoms with E-state index in [1.165, 1.54) is 18.2 Å². The van der Waals surface area contributed by atoms with Gasteiger partial charge in [-0.05, 0) is 42.8 Å². The van der Waals surface area contributed by atoms with Crippen LogP contribution in [0, 0.1) is 18.6 Å². The lowest BCUT2D eigenvalue weighted by Crippen LogP contribution is -2.11. The van der Waals surface area contributed by atoms with Gasteiger partial charge in [-0.25, -0.2) is 13.8 Å². The van der Waals surface area contributed by atoms with Crippen LogP contribution in [0.25, 0.3) is 10.4 Å². The van der Waals surface area contributed by atoms with Crippen LogP contribution in [0.5, 0.6) is 0 Å². The molecule has 4 N–H and O–H groups in total. The van der Waals surface area contributed by atoms with E-state index in [9.17, 15) is 18.7 Å². The average Bonchev–Trinajstić information content (AvgIpc) is 3.47. The summed E-state index contributed by atoms with van der Waals surface area (Å²) in [7, 11) is 0. The Hall–Kier alpha value is -3.74. The second kappa shape index (κ2) is 11.5. The number of thiophene rings is 1. The van der Waals surface area contributed by atoms with Crippen molar-refractivity contribution in [1.82, 2.24) is 15.1 Å². The quantitative estimate of drug-likeness (QED) is 0.242. The Bertz CT molecular complexity index is 1380. The number of carbonyl (C=O) groups is 1. The molecule has 37 heavy (non-hydrogen) atoms. The third-order valence-corrected chi connectivity index (χ3v) is 6.57. The molecule has 4 rings (SSSR count). The molecule has 0 fully saturated rings. The van der Waals surface area contributed by atoms with Crippen molar-refractivity contribution in [2.75, 3.05) is 18.5 Å². The highest BCUT2D eigenvalue weighted by Gasteiger charge is 2.22. The minimum absolute atomic E-state index is 0.0805. The van der Waals surface area contributed by atoms with Crippen molar-refractivity contribution in [3.63, 3.8) is 0 Å². The summed E-state index contributed by atoms with van der Waals surface area (Å²) in [6.07, 6.45) is 0.496. The second-order valence-corrected chi connectivity index (χ2v) is 9.39. The third kappa shape index (κ3) is 6.34. The highest BCUT2D eigenvalue weighted by molar-refractivity contribution is 7.20. The van der Waals surface area contributed by atoms with Gasteiger partial charge >= 0.3 is 0 Å². The number of nitrogens with one attached hydrogen (secondary N) is 1. The van der Waals surface area contributed by atoms with Crippen molar-refractivity contribution in [3.8, 4) is 10.4 Å². The predicted octanol–water partition coefficient (Wildman–Crippen LogP) is 4.48. The van der Waals surface area contributed by atoms with Crippen molar-refractivity contribution >= 4 is 28.1 Å². The average molecular weight is 530 g/mol. The minimum atomic E-state index is -0.796. The van der Waals surface area contributed by atoms with Crippen molar-refractivity contribution in [3.05, 3.63) is 76.6 Å². The summed E-state index contributed by atoms with van der Waals surface area (Å²) in [4.78, 5) is 20.9. The molecule has 194 valence electrons. The lowest BCUT2D eigenvalue weighted by molar-refractivity contribution is 0.0996. The number of halogens is 2. The van der Waals surface area contributed by atoms with Crippen LogP contribution in [0.4, 0.5) is 19.6 Å². The summed E-state index contributed by atoms with van der Waals surface area (Å²) in [5.74, 6) is -1.42. The van der Waals surface area contributed by atoms with Crippen LogP contribution >= 0.6 is 11.3 Å². The number of ether oxygens (including phenoxy) is 1. The van der Waals surface area contributed by atoms with Crippen LogP contribution in [-0.4, -0.2) is 39.4 Å². The molecule has 3 heterocycles. The molecular formula is C25H25F2N5O4S. The second-order valence-electron chi connectivity index (χ2n) is 8.34. The molecule has 0 saturated carbocycles. The number of aryl methyl sites for hydroxylation is 1. The molecular weight excluding hydrogens is 504 g/mol. The van der Waals surface area contributed by atoms with Gasteiger partial charge in [0.15, 0.2) is 5.82 Å². The third-order valence-electron chi connectivity index (χ3n) is 5.50. The van der Waals surface area contributed by atoms with Crippen molar-refractivity contribution in [2.45, 2.75) is 32.8 Å². The standard InChI is InChI=1S/C25H25F2N5O4S/c1-13(11-33)15-8-18(26)23(19(27)9-15)20-10-17(24(28)34)25(37-20)31-21-5-3-4-16(30-21)6-7-35-12-22-29-14(2)32-36-22/h3-5,8-10,13,33H,6-7,11-12H2,1-2H3,(H2,28,34)(H,30,31). The highest BCUT2D eigenvalue weighted by atomic mass is 32.1. The summed E-state index contributed by atoms with van der Waals surface area (Å²) in [6, 6.07) is 9.02. The van der Waals surface area contributed by atoms with Crippen LogP contribution in [0.2, 0.25) is 0 Å². The van der Waals surface area contributed by atoms with Gasteiger partial charge in [-0.15, -0.1) is 11.3 Å². The summed E-state index contributed by atoms with van der Waals surface area (Å²) in [5, 5.41) is 16.3. The Morgan fingerprint density at radius 1 is 1.24 bits per heavy atom. The molecule has 0 bridgehead atoms. The fraction of sp³-hybridized carbons (Fsp3) is 0.280. The van der Waals surface area contributed by atoms with Gasteiger partial charge in [0.1, 0.15) is 29.1 Å². The van der Waals surface area contributed by atoms with E-state index in [0.29, 0.717) is 41.1 Å². The molecule has 0 aliphatic rings. The van der Waals surface area contributed by atoms with Crippen LogP contribution in [0.15, 0.2) is 40.9 Å². The van der Waals surface area contributed by atoms with Crippen molar-refractivity contribution in [2.24, 2.45) is 5.73 Å². The number of primary amides is 1. The Kier molecular flexibility index (Phi) is 8.21. The molecule has 12 heteroatoms. The molecule has 1 unspecified atom stereocenters. The Morgan fingerprint density at radius 2 is 2.00 bits per heavy atom. The number of hydrogen-bond acceptors (Lipinski definition) is 9. The molecule has 9 nitrogen and oxygen atoms in total. The van der Waals surface area contributed by atoms with Gasteiger partial charge in [0.25, 0.3) is 11.8 Å².